The predicted molar refractivity (Wildman–Crippen MR) is 153 cm³/mol. The van der Waals surface area contributed by atoms with Crippen molar-refractivity contribution in [3.8, 4) is 0 Å². The zero-order valence-electron chi connectivity index (χ0n) is 23.6. The van der Waals surface area contributed by atoms with Crippen LogP contribution in [0.25, 0.3) is 4.83 Å². The summed E-state index contributed by atoms with van der Waals surface area (Å²) in [6, 6.07) is -0.967. The Morgan fingerprint density at radius 2 is 1.95 bits per heavy atom. The average Bonchev–Trinajstić information content (AvgIpc) is 3.67. The maximum absolute atomic E-state index is 13.2. The minimum absolute atomic E-state index is 0. The number of likely N-dealkylation sites (tertiary alicyclic amines) is 1. The van der Waals surface area contributed by atoms with E-state index in [2.05, 4.69) is 13.2 Å². The van der Waals surface area contributed by atoms with Gasteiger partial charge in [0.15, 0.2) is 6.10 Å². The topological polar surface area (TPSA) is 125 Å². The molecule has 2 aromatic heterocycles. The van der Waals surface area contributed by atoms with Gasteiger partial charge >= 0.3 is 12.1 Å². The molecule has 0 bridgehead atoms. The fourth-order valence-corrected chi connectivity index (χ4v) is 8.53. The van der Waals surface area contributed by atoms with E-state index in [0.717, 1.165) is 4.83 Å². The number of thioether (sulfide) groups is 1. The molecule has 3 aliphatic heterocycles. The van der Waals surface area contributed by atoms with Gasteiger partial charge in [0, 0.05) is 28.0 Å². The highest BCUT2D eigenvalue weighted by molar-refractivity contribution is 8.03. The Bertz CT molecular complexity index is 1420. The Hall–Kier alpha value is -2.40. The highest BCUT2D eigenvalue weighted by Crippen LogP contribution is 2.53. The molecule has 0 aliphatic carbocycles. The number of aryl methyl sites for hydroxylation is 1. The van der Waals surface area contributed by atoms with Gasteiger partial charge in [-0.15, -0.1) is 11.8 Å². The van der Waals surface area contributed by atoms with Crippen LogP contribution in [0.2, 0.25) is 0 Å². The highest BCUT2D eigenvalue weighted by Gasteiger charge is 2.60. The van der Waals surface area contributed by atoms with E-state index in [-0.39, 0.29) is 72.5 Å². The molecule has 3 aliphatic rings. The van der Waals surface area contributed by atoms with E-state index in [9.17, 15) is 24.6 Å². The summed E-state index contributed by atoms with van der Waals surface area (Å²) in [5.74, 6) is -1.15. The van der Waals surface area contributed by atoms with Crippen LogP contribution in [0, 0.1) is 11.8 Å². The monoisotopic (exact) mass is 730 g/mol. The number of amides is 2. The Morgan fingerprint density at radius 1 is 1.26 bits per heavy atom. The number of aliphatic hydroxyl groups is 2. The van der Waals surface area contributed by atoms with Crippen LogP contribution in [-0.4, -0.2) is 85.6 Å². The van der Waals surface area contributed by atoms with Crippen LogP contribution in [0.3, 0.4) is 0 Å². The van der Waals surface area contributed by atoms with E-state index < -0.39 is 36.2 Å². The summed E-state index contributed by atoms with van der Waals surface area (Å²) < 4.78 is 14.5. The van der Waals surface area contributed by atoms with E-state index in [4.69, 9.17) is 9.47 Å². The first kappa shape index (κ1) is 32.5. The number of nitrogens with zero attached hydrogens (tertiary/aromatic N) is 4. The summed E-state index contributed by atoms with van der Waals surface area (Å²) in [5.41, 5.74) is 0.180. The number of hydrogen-bond acceptors (Lipinski definition) is 9. The third kappa shape index (κ3) is 5.51. The number of ether oxygens (including phenoxy) is 2. The maximum Gasteiger partial charge on any atom is 0.410 e. The summed E-state index contributed by atoms with van der Waals surface area (Å²) in [5, 5.41) is 23.6. The Labute approximate surface area is 269 Å². The summed E-state index contributed by atoms with van der Waals surface area (Å²) in [7, 11) is 1.85. The van der Waals surface area contributed by atoms with Crippen molar-refractivity contribution in [3.63, 3.8) is 0 Å². The van der Waals surface area contributed by atoms with E-state index in [1.165, 1.54) is 33.7 Å². The Morgan fingerprint density at radius 3 is 2.62 bits per heavy atom. The smallest absolute Gasteiger partial charge is 0.410 e. The van der Waals surface area contributed by atoms with Crippen LogP contribution < -0.4 is 28.5 Å². The zero-order valence-corrected chi connectivity index (χ0v) is 27.4. The van der Waals surface area contributed by atoms with Crippen molar-refractivity contribution < 1.29 is 62.6 Å². The summed E-state index contributed by atoms with van der Waals surface area (Å²) >= 11 is 2.96. The SMILES string of the molecule is C=CCOC(=O)C1=C(S[C@H]2C[C@@H](C(O)c3n4ccsc4c[n+]3C)N(C(=O)OCC=C)C2)[C@H](C)[C@@H]2[C@@H]([C@@H](C)O)C(=O)N12.[I-]. The molecule has 2 aromatic rings. The molecule has 0 saturated carbocycles. The van der Waals surface area contributed by atoms with E-state index in [1.807, 2.05) is 40.7 Å². The van der Waals surface area contributed by atoms with Crippen molar-refractivity contribution in [2.75, 3.05) is 19.8 Å². The van der Waals surface area contributed by atoms with Crippen molar-refractivity contribution in [2.45, 2.75) is 49.8 Å². The van der Waals surface area contributed by atoms with Crippen molar-refractivity contribution in [2.24, 2.45) is 18.9 Å². The molecule has 1 unspecified atom stereocenters. The lowest BCUT2D eigenvalue weighted by Gasteiger charge is -2.46. The van der Waals surface area contributed by atoms with E-state index in [0.29, 0.717) is 17.2 Å². The van der Waals surface area contributed by atoms with Crippen molar-refractivity contribution in [1.82, 2.24) is 14.2 Å². The van der Waals surface area contributed by atoms with Gasteiger partial charge < -0.3 is 53.5 Å². The number of fused-ring (bicyclic) bond motifs is 2. The van der Waals surface area contributed by atoms with Crippen LogP contribution in [0.1, 0.15) is 32.2 Å². The van der Waals surface area contributed by atoms with Gasteiger partial charge in [-0.3, -0.25) is 4.79 Å². The van der Waals surface area contributed by atoms with Crippen LogP contribution in [0.5, 0.6) is 0 Å². The minimum atomic E-state index is -1.02. The predicted octanol–water partition coefficient (Wildman–Crippen LogP) is -0.840. The third-order valence-electron chi connectivity index (χ3n) is 7.97. The van der Waals surface area contributed by atoms with Gasteiger partial charge in [0.25, 0.3) is 5.82 Å². The molecule has 0 radical (unpaired) electrons. The first-order valence-corrected chi connectivity index (χ1v) is 15.2. The number of aliphatic hydroxyl groups excluding tert-OH is 2. The number of aromatic nitrogens is 2. The molecule has 0 aromatic carbocycles. The normalized spacial score (nSPS) is 26.4. The lowest BCUT2D eigenvalue weighted by Crippen LogP contribution is -3.00. The molecular weight excluding hydrogens is 695 g/mol. The molecule has 42 heavy (non-hydrogen) atoms. The van der Waals surface area contributed by atoms with Crippen molar-refractivity contribution in [3.05, 3.63) is 59.5 Å². The van der Waals surface area contributed by atoms with Crippen LogP contribution in [0.4, 0.5) is 4.79 Å². The van der Waals surface area contributed by atoms with Gasteiger partial charge in [-0.25, -0.2) is 14.2 Å². The van der Waals surface area contributed by atoms with Gasteiger partial charge in [0.05, 0.1) is 31.2 Å². The standard InChI is InChI=1S/C28H35N4O7S2.HI/c1-6-9-38-27(36)22-24(15(3)21-20(16(4)33)26(35)32(21)22)41-17-12-18(31(13-17)28(37)39-10-7-2)23(34)25-29(5)14-19-30(25)8-11-40-19;/h6-8,11,14-18,20-21,23,33-34H,1-2,9-10,12-13H2,3-5H3;1H/q+1;/p-1/t15-,16-,17+,18+,20-,21-,23?;/m1./s1. The number of rotatable bonds is 10. The maximum atomic E-state index is 13.2. The number of hydrogen-bond donors (Lipinski definition) is 2. The molecule has 14 heteroatoms. The minimum Gasteiger partial charge on any atom is -1.00 e. The number of carbonyl (C=O) groups excluding carboxylic acids is 3. The molecular formula is C28H35IN4O7S2. The molecule has 7 atom stereocenters. The summed E-state index contributed by atoms with van der Waals surface area (Å²) in [4.78, 5) is 43.9. The first-order valence-electron chi connectivity index (χ1n) is 13.5. The summed E-state index contributed by atoms with van der Waals surface area (Å²) in [6.07, 6.45) is 4.72. The van der Waals surface area contributed by atoms with Gasteiger partial charge in [-0.2, -0.15) is 4.40 Å². The van der Waals surface area contributed by atoms with Gasteiger partial charge in [0.1, 0.15) is 31.3 Å². The molecule has 0 spiro atoms. The molecule has 11 nitrogen and oxygen atoms in total. The van der Waals surface area contributed by atoms with Gasteiger partial charge in [-0.05, 0) is 13.3 Å². The Kier molecular flexibility index (Phi) is 10.1. The second kappa shape index (κ2) is 13.1. The molecule has 2 fully saturated rings. The van der Waals surface area contributed by atoms with Crippen molar-refractivity contribution in [1.29, 1.82) is 0 Å². The Balaban J connectivity index is 0.00000405. The van der Waals surface area contributed by atoms with Gasteiger partial charge in [0.2, 0.25) is 10.7 Å². The largest absolute Gasteiger partial charge is 1.00 e. The number of halogens is 1. The molecule has 2 saturated heterocycles. The van der Waals surface area contributed by atoms with Crippen LogP contribution in [-0.2, 0) is 26.1 Å². The molecule has 2 amide bonds. The van der Waals surface area contributed by atoms with Crippen molar-refractivity contribution >= 4 is 45.9 Å². The quantitative estimate of drug-likeness (QED) is 0.107. The number of imidazole rings is 1. The number of carbonyl (C=O) groups is 3. The fraction of sp³-hybridized carbons (Fsp3) is 0.500. The number of β-lactam (4-membered cyclic amide) rings is 1. The lowest BCUT2D eigenvalue weighted by atomic mass is 9.79. The lowest BCUT2D eigenvalue weighted by molar-refractivity contribution is -0.682. The van der Waals surface area contributed by atoms with Crippen LogP contribution in [0.15, 0.2) is 53.7 Å². The third-order valence-corrected chi connectivity index (χ3v) is 10.3. The number of thiazole rings is 1. The molecule has 5 rings (SSSR count). The van der Waals surface area contributed by atoms with Crippen LogP contribution >= 0.6 is 23.1 Å². The highest BCUT2D eigenvalue weighted by atomic mass is 127. The van der Waals surface area contributed by atoms with E-state index >= 15 is 0 Å². The molecule has 2 N–H and O–H groups in total. The number of esters is 1. The van der Waals surface area contributed by atoms with E-state index in [1.54, 1.807) is 18.3 Å². The first-order chi connectivity index (χ1) is 19.6. The second-order valence-corrected chi connectivity index (χ2v) is 12.8. The van der Waals surface area contributed by atoms with Gasteiger partial charge in [-0.1, -0.05) is 43.6 Å². The molecule has 228 valence electrons. The average molecular weight is 731 g/mol. The zero-order chi connectivity index (χ0) is 29.6. The fourth-order valence-electron chi connectivity index (χ4n) is 6.18. The molecule has 5 heterocycles. The summed E-state index contributed by atoms with van der Waals surface area (Å²) in [6.45, 7) is 11.0. The second-order valence-electron chi connectivity index (χ2n) is 10.6.